The molecule has 20 heavy (non-hydrogen) atoms. The monoisotopic (exact) mass is 322 g/mol. The normalized spacial score (nSPS) is 12.8. The summed E-state index contributed by atoms with van der Waals surface area (Å²) >= 11 is 0. The lowest BCUT2D eigenvalue weighted by molar-refractivity contribution is 0.244. The zero-order valence-electron chi connectivity index (χ0n) is 12.0. The maximum atomic E-state index is 11.0. The summed E-state index contributed by atoms with van der Waals surface area (Å²) in [5, 5.41) is 0. The summed E-state index contributed by atoms with van der Waals surface area (Å²) in [5.74, 6) is 1.16. The van der Waals surface area contributed by atoms with Gasteiger partial charge in [-0.25, -0.2) is 8.42 Å². The standard InChI is InChI=1S/C13H19ClO5S/c1-9-5-11(17-3)13(12(6-9)18-4)19-7-10(2)8-20(14,15)16/h5-6,10H,7-8H2,1-4H3. The Balaban J connectivity index is 2.86. The molecule has 7 heteroatoms. The fourth-order valence-corrected chi connectivity index (χ4v) is 3.19. The first kappa shape index (κ1) is 16.9. The number of halogens is 1. The second-order valence-electron chi connectivity index (χ2n) is 4.62. The van der Waals surface area contributed by atoms with Gasteiger partial charge in [0.1, 0.15) is 0 Å². The van der Waals surface area contributed by atoms with Gasteiger partial charge < -0.3 is 14.2 Å². The van der Waals surface area contributed by atoms with Crippen molar-refractivity contribution in [3.8, 4) is 17.2 Å². The summed E-state index contributed by atoms with van der Waals surface area (Å²) in [6.07, 6.45) is 0. The highest BCUT2D eigenvalue weighted by Crippen LogP contribution is 2.38. The van der Waals surface area contributed by atoms with Crippen molar-refractivity contribution < 1.29 is 22.6 Å². The highest BCUT2D eigenvalue weighted by Gasteiger charge is 2.17. The molecule has 1 aromatic carbocycles. The van der Waals surface area contributed by atoms with Crippen LogP contribution in [0.2, 0.25) is 0 Å². The van der Waals surface area contributed by atoms with E-state index in [0.717, 1.165) is 5.56 Å². The lowest BCUT2D eigenvalue weighted by atomic mass is 10.2. The highest BCUT2D eigenvalue weighted by atomic mass is 35.7. The Labute approximate surface area is 124 Å². The molecule has 0 heterocycles. The third-order valence-corrected chi connectivity index (χ3v) is 3.95. The van der Waals surface area contributed by atoms with Crippen molar-refractivity contribution in [2.45, 2.75) is 13.8 Å². The number of aryl methyl sites for hydroxylation is 1. The van der Waals surface area contributed by atoms with Crippen molar-refractivity contribution in [2.24, 2.45) is 5.92 Å². The molecular weight excluding hydrogens is 304 g/mol. The first-order chi connectivity index (χ1) is 9.26. The molecule has 0 radical (unpaired) electrons. The van der Waals surface area contributed by atoms with Crippen LogP contribution < -0.4 is 14.2 Å². The second kappa shape index (κ2) is 7.04. The number of hydrogen-bond acceptors (Lipinski definition) is 5. The smallest absolute Gasteiger partial charge is 0.232 e. The van der Waals surface area contributed by atoms with Crippen LogP contribution in [0.5, 0.6) is 17.2 Å². The predicted molar refractivity (Wildman–Crippen MR) is 78.6 cm³/mol. The molecule has 0 aromatic heterocycles. The van der Waals surface area contributed by atoms with E-state index in [4.69, 9.17) is 24.9 Å². The maximum absolute atomic E-state index is 11.0. The van der Waals surface area contributed by atoms with Gasteiger partial charge in [0.2, 0.25) is 14.8 Å². The topological polar surface area (TPSA) is 61.8 Å². The van der Waals surface area contributed by atoms with Crippen molar-refractivity contribution >= 4 is 19.7 Å². The van der Waals surface area contributed by atoms with Crippen LogP contribution in [0.15, 0.2) is 12.1 Å². The lowest BCUT2D eigenvalue weighted by Crippen LogP contribution is -2.17. The Morgan fingerprint density at radius 1 is 1.20 bits per heavy atom. The SMILES string of the molecule is COc1cc(C)cc(OC)c1OCC(C)CS(=O)(=O)Cl. The van der Waals surface area contributed by atoms with Gasteiger partial charge in [-0.15, -0.1) is 0 Å². The molecule has 0 spiro atoms. The van der Waals surface area contributed by atoms with Crippen LogP contribution in [-0.4, -0.2) is 35.0 Å². The second-order valence-corrected chi connectivity index (χ2v) is 7.44. The Bertz CT molecular complexity index is 531. The molecule has 0 N–H and O–H groups in total. The predicted octanol–water partition coefficient (Wildman–Crippen LogP) is 2.60. The van der Waals surface area contributed by atoms with Crippen LogP contribution in [0.1, 0.15) is 12.5 Å². The van der Waals surface area contributed by atoms with Crippen LogP contribution in [0.25, 0.3) is 0 Å². The van der Waals surface area contributed by atoms with Gasteiger partial charge in [-0.3, -0.25) is 0 Å². The molecular formula is C13H19ClO5S. The van der Waals surface area contributed by atoms with E-state index >= 15 is 0 Å². The first-order valence-corrected chi connectivity index (χ1v) is 8.52. The van der Waals surface area contributed by atoms with Gasteiger partial charge in [-0.2, -0.15) is 0 Å². The van der Waals surface area contributed by atoms with Gasteiger partial charge in [0.05, 0.1) is 26.6 Å². The van der Waals surface area contributed by atoms with E-state index in [1.165, 1.54) is 14.2 Å². The summed E-state index contributed by atoms with van der Waals surface area (Å²) < 4.78 is 38.2. The van der Waals surface area contributed by atoms with E-state index in [1.54, 1.807) is 6.92 Å². The zero-order valence-corrected chi connectivity index (χ0v) is 13.5. The highest BCUT2D eigenvalue weighted by molar-refractivity contribution is 8.13. The van der Waals surface area contributed by atoms with Crippen molar-refractivity contribution in [3.63, 3.8) is 0 Å². The van der Waals surface area contributed by atoms with E-state index < -0.39 is 9.05 Å². The molecule has 5 nitrogen and oxygen atoms in total. The Kier molecular flexibility index (Phi) is 5.95. The van der Waals surface area contributed by atoms with Gasteiger partial charge in [-0.1, -0.05) is 6.92 Å². The minimum absolute atomic E-state index is 0.148. The molecule has 0 bridgehead atoms. The Hall–Kier alpha value is -1.14. The van der Waals surface area contributed by atoms with Crippen molar-refractivity contribution in [2.75, 3.05) is 26.6 Å². The number of methoxy groups -OCH3 is 2. The zero-order chi connectivity index (χ0) is 15.3. The first-order valence-electron chi connectivity index (χ1n) is 6.04. The van der Waals surface area contributed by atoms with Gasteiger partial charge >= 0.3 is 0 Å². The third kappa shape index (κ3) is 5.09. The summed E-state index contributed by atoms with van der Waals surface area (Å²) in [7, 11) is 4.75. The minimum Gasteiger partial charge on any atom is -0.493 e. The van der Waals surface area contributed by atoms with Crippen molar-refractivity contribution in [1.82, 2.24) is 0 Å². The van der Waals surface area contributed by atoms with Crippen molar-refractivity contribution in [3.05, 3.63) is 17.7 Å². The Morgan fingerprint density at radius 3 is 2.10 bits per heavy atom. The summed E-state index contributed by atoms with van der Waals surface area (Å²) in [6.45, 7) is 3.85. The summed E-state index contributed by atoms with van der Waals surface area (Å²) in [5.41, 5.74) is 0.974. The molecule has 0 saturated heterocycles. The molecule has 1 rings (SSSR count). The lowest BCUT2D eigenvalue weighted by Gasteiger charge is -2.17. The van der Waals surface area contributed by atoms with E-state index in [1.807, 2.05) is 19.1 Å². The quantitative estimate of drug-likeness (QED) is 0.722. The van der Waals surface area contributed by atoms with Gasteiger partial charge in [0, 0.05) is 16.6 Å². The molecule has 1 atom stereocenters. The fraction of sp³-hybridized carbons (Fsp3) is 0.538. The average molecular weight is 323 g/mol. The average Bonchev–Trinajstić information content (AvgIpc) is 2.33. The summed E-state index contributed by atoms with van der Waals surface area (Å²) in [4.78, 5) is 0. The molecule has 114 valence electrons. The molecule has 0 amide bonds. The number of ether oxygens (including phenoxy) is 3. The molecule has 0 aliphatic carbocycles. The van der Waals surface area contributed by atoms with E-state index in [0.29, 0.717) is 17.2 Å². The number of rotatable bonds is 7. The van der Waals surface area contributed by atoms with Gasteiger partial charge in [0.25, 0.3) is 0 Å². The Morgan fingerprint density at radius 2 is 1.70 bits per heavy atom. The minimum atomic E-state index is -3.54. The maximum Gasteiger partial charge on any atom is 0.232 e. The van der Waals surface area contributed by atoms with Crippen LogP contribution in [0.4, 0.5) is 0 Å². The number of hydrogen-bond donors (Lipinski definition) is 0. The fourth-order valence-electron chi connectivity index (χ4n) is 1.77. The van der Waals surface area contributed by atoms with Crippen LogP contribution in [0, 0.1) is 12.8 Å². The molecule has 0 saturated carbocycles. The molecule has 0 aliphatic rings. The molecule has 1 unspecified atom stereocenters. The summed E-state index contributed by atoms with van der Waals surface area (Å²) in [6, 6.07) is 3.64. The van der Waals surface area contributed by atoms with Crippen molar-refractivity contribution in [1.29, 1.82) is 0 Å². The molecule has 0 aliphatic heterocycles. The van der Waals surface area contributed by atoms with Gasteiger partial charge in [-0.05, 0) is 24.6 Å². The third-order valence-electron chi connectivity index (χ3n) is 2.60. The van der Waals surface area contributed by atoms with E-state index in [2.05, 4.69) is 0 Å². The number of benzene rings is 1. The molecule has 1 aromatic rings. The van der Waals surface area contributed by atoms with E-state index in [9.17, 15) is 8.42 Å². The molecule has 0 fully saturated rings. The van der Waals surface area contributed by atoms with Crippen LogP contribution in [0.3, 0.4) is 0 Å². The van der Waals surface area contributed by atoms with Crippen LogP contribution >= 0.6 is 10.7 Å². The van der Waals surface area contributed by atoms with Crippen LogP contribution in [-0.2, 0) is 9.05 Å². The van der Waals surface area contributed by atoms with E-state index in [-0.39, 0.29) is 18.3 Å². The largest absolute Gasteiger partial charge is 0.493 e. The van der Waals surface area contributed by atoms with Gasteiger partial charge in [0.15, 0.2) is 11.5 Å².